The number of pyridine rings is 1. The van der Waals surface area contributed by atoms with Crippen LogP contribution in [-0.2, 0) is 6.42 Å². The van der Waals surface area contributed by atoms with E-state index in [9.17, 15) is 0 Å². The predicted octanol–water partition coefficient (Wildman–Crippen LogP) is 3.05. The molecule has 1 aromatic rings. The SMILES string of the molecule is CC1=CCC2CCc3ccc(C)nc3C2=N1. The Balaban J connectivity index is 2.15. The van der Waals surface area contributed by atoms with Crippen molar-refractivity contribution < 1.29 is 0 Å². The first kappa shape index (κ1) is 9.76. The van der Waals surface area contributed by atoms with E-state index in [1.165, 1.54) is 17.7 Å². The van der Waals surface area contributed by atoms with Crippen molar-refractivity contribution in [2.24, 2.45) is 10.9 Å². The van der Waals surface area contributed by atoms with E-state index in [0.29, 0.717) is 5.92 Å². The highest BCUT2D eigenvalue weighted by molar-refractivity contribution is 6.03. The molecule has 2 nitrogen and oxygen atoms in total. The molecule has 1 atom stereocenters. The molecule has 0 saturated carbocycles. The molecule has 0 bridgehead atoms. The maximum absolute atomic E-state index is 4.70. The second-order valence-electron chi connectivity index (χ2n) is 4.77. The van der Waals surface area contributed by atoms with Gasteiger partial charge in [-0.2, -0.15) is 0 Å². The van der Waals surface area contributed by atoms with Gasteiger partial charge in [0.1, 0.15) is 0 Å². The Morgan fingerprint density at radius 2 is 2.12 bits per heavy atom. The van der Waals surface area contributed by atoms with Crippen molar-refractivity contribution in [3.05, 3.63) is 40.9 Å². The van der Waals surface area contributed by atoms with Gasteiger partial charge in [-0.05, 0) is 44.7 Å². The first-order valence-corrected chi connectivity index (χ1v) is 5.96. The lowest BCUT2D eigenvalue weighted by atomic mass is 9.81. The van der Waals surface area contributed by atoms with Crippen molar-refractivity contribution in [2.45, 2.75) is 33.1 Å². The zero-order valence-electron chi connectivity index (χ0n) is 9.83. The van der Waals surface area contributed by atoms with Crippen LogP contribution in [0, 0.1) is 12.8 Å². The molecule has 1 aromatic heterocycles. The highest BCUT2D eigenvalue weighted by Crippen LogP contribution is 2.31. The van der Waals surface area contributed by atoms with Crippen LogP contribution in [0.1, 0.15) is 36.7 Å². The molecule has 0 N–H and O–H groups in total. The molecule has 2 aliphatic rings. The Morgan fingerprint density at radius 1 is 1.25 bits per heavy atom. The lowest BCUT2D eigenvalue weighted by Crippen LogP contribution is -2.26. The van der Waals surface area contributed by atoms with Crippen LogP contribution in [0.3, 0.4) is 0 Å². The summed E-state index contributed by atoms with van der Waals surface area (Å²) < 4.78 is 0. The van der Waals surface area contributed by atoms with Gasteiger partial charge in [-0.15, -0.1) is 0 Å². The van der Waals surface area contributed by atoms with Crippen molar-refractivity contribution in [3.8, 4) is 0 Å². The number of fused-ring (bicyclic) bond motifs is 3. The third-order valence-corrected chi connectivity index (χ3v) is 3.50. The molecular formula is C14H16N2. The molecule has 16 heavy (non-hydrogen) atoms. The number of hydrogen-bond acceptors (Lipinski definition) is 2. The molecule has 82 valence electrons. The normalized spacial score (nSPS) is 23.0. The first-order chi connectivity index (χ1) is 7.74. The average molecular weight is 212 g/mol. The van der Waals surface area contributed by atoms with Crippen LogP contribution in [0.2, 0.25) is 0 Å². The fourth-order valence-corrected chi connectivity index (χ4v) is 2.59. The summed E-state index contributed by atoms with van der Waals surface area (Å²) in [6.45, 7) is 4.13. The van der Waals surface area contributed by atoms with E-state index in [-0.39, 0.29) is 0 Å². The molecule has 3 rings (SSSR count). The number of hydrogen-bond donors (Lipinski definition) is 0. The van der Waals surface area contributed by atoms with Gasteiger partial charge in [-0.3, -0.25) is 9.98 Å². The molecular weight excluding hydrogens is 196 g/mol. The molecule has 1 aliphatic heterocycles. The van der Waals surface area contributed by atoms with Crippen molar-refractivity contribution >= 4 is 5.71 Å². The van der Waals surface area contributed by atoms with Gasteiger partial charge in [0, 0.05) is 17.3 Å². The van der Waals surface area contributed by atoms with E-state index in [1.807, 2.05) is 0 Å². The van der Waals surface area contributed by atoms with Gasteiger partial charge in [0.25, 0.3) is 0 Å². The van der Waals surface area contributed by atoms with Crippen LogP contribution in [-0.4, -0.2) is 10.7 Å². The quantitative estimate of drug-likeness (QED) is 0.649. The maximum Gasteiger partial charge on any atom is 0.0882 e. The van der Waals surface area contributed by atoms with Crippen LogP contribution in [0.15, 0.2) is 28.9 Å². The standard InChI is InChI=1S/C14H16N2/c1-9-3-5-11-7-8-12-6-4-10(2)16-14(12)13(11)15-9/h3-5,12H,6-8H2,1-2H3. The number of aryl methyl sites for hydroxylation is 2. The van der Waals surface area contributed by atoms with E-state index in [2.05, 4.69) is 37.0 Å². The summed E-state index contributed by atoms with van der Waals surface area (Å²) in [6, 6.07) is 4.31. The number of allylic oxidation sites excluding steroid dienone is 2. The molecule has 0 radical (unpaired) electrons. The van der Waals surface area contributed by atoms with Gasteiger partial charge >= 0.3 is 0 Å². The van der Waals surface area contributed by atoms with Crippen molar-refractivity contribution in [1.82, 2.24) is 4.98 Å². The Hall–Kier alpha value is -1.44. The van der Waals surface area contributed by atoms with Gasteiger partial charge < -0.3 is 0 Å². The smallest absolute Gasteiger partial charge is 0.0882 e. The molecule has 1 unspecified atom stereocenters. The lowest BCUT2D eigenvalue weighted by molar-refractivity contribution is 0.602. The molecule has 0 amide bonds. The maximum atomic E-state index is 4.70. The summed E-state index contributed by atoms with van der Waals surface area (Å²) in [5, 5.41) is 0. The summed E-state index contributed by atoms with van der Waals surface area (Å²) in [5.41, 5.74) is 5.99. The van der Waals surface area contributed by atoms with E-state index in [0.717, 1.165) is 29.9 Å². The van der Waals surface area contributed by atoms with Crippen molar-refractivity contribution in [1.29, 1.82) is 0 Å². The van der Waals surface area contributed by atoms with Crippen molar-refractivity contribution in [2.75, 3.05) is 0 Å². The summed E-state index contributed by atoms with van der Waals surface area (Å²) in [7, 11) is 0. The second kappa shape index (κ2) is 3.55. The molecule has 0 spiro atoms. The first-order valence-electron chi connectivity index (χ1n) is 5.96. The Labute approximate surface area is 96.1 Å². The second-order valence-corrected chi connectivity index (χ2v) is 4.77. The average Bonchev–Trinajstić information content (AvgIpc) is 2.29. The van der Waals surface area contributed by atoms with Gasteiger partial charge in [0.2, 0.25) is 0 Å². The van der Waals surface area contributed by atoms with Gasteiger partial charge in [-0.25, -0.2) is 0 Å². The third-order valence-electron chi connectivity index (χ3n) is 3.50. The number of aliphatic imine (C=N–C) groups is 1. The van der Waals surface area contributed by atoms with E-state index in [1.54, 1.807) is 0 Å². The largest absolute Gasteiger partial charge is 0.256 e. The molecule has 2 heterocycles. The zero-order valence-corrected chi connectivity index (χ0v) is 9.83. The summed E-state index contributed by atoms with van der Waals surface area (Å²) >= 11 is 0. The Morgan fingerprint density at radius 3 is 3.00 bits per heavy atom. The molecule has 0 aromatic carbocycles. The number of aromatic nitrogens is 1. The minimum atomic E-state index is 0.602. The van der Waals surface area contributed by atoms with Crippen molar-refractivity contribution in [3.63, 3.8) is 0 Å². The van der Waals surface area contributed by atoms with Gasteiger partial charge in [0.15, 0.2) is 0 Å². The number of nitrogens with zero attached hydrogens (tertiary/aromatic N) is 2. The minimum absolute atomic E-state index is 0.602. The lowest BCUT2D eigenvalue weighted by Gasteiger charge is -2.27. The van der Waals surface area contributed by atoms with Crippen LogP contribution in [0.25, 0.3) is 0 Å². The van der Waals surface area contributed by atoms with Crippen LogP contribution < -0.4 is 0 Å². The third kappa shape index (κ3) is 1.49. The molecule has 1 aliphatic carbocycles. The monoisotopic (exact) mass is 212 g/mol. The predicted molar refractivity (Wildman–Crippen MR) is 65.7 cm³/mol. The topological polar surface area (TPSA) is 25.2 Å². The Bertz CT molecular complexity index is 497. The molecule has 0 saturated heterocycles. The van der Waals surface area contributed by atoms with Crippen LogP contribution >= 0.6 is 0 Å². The van der Waals surface area contributed by atoms with E-state index >= 15 is 0 Å². The fourth-order valence-electron chi connectivity index (χ4n) is 2.59. The minimum Gasteiger partial charge on any atom is -0.256 e. The Kier molecular flexibility index (Phi) is 2.16. The molecule has 0 fully saturated rings. The summed E-state index contributed by atoms with van der Waals surface area (Å²) in [4.78, 5) is 9.38. The van der Waals surface area contributed by atoms with Crippen LogP contribution in [0.5, 0.6) is 0 Å². The molecule has 2 heteroatoms. The fraction of sp³-hybridized carbons (Fsp3) is 0.429. The summed E-state index contributed by atoms with van der Waals surface area (Å²) in [6.07, 6.45) is 5.76. The van der Waals surface area contributed by atoms with Crippen LogP contribution in [0.4, 0.5) is 0 Å². The van der Waals surface area contributed by atoms with E-state index in [4.69, 9.17) is 4.99 Å². The van der Waals surface area contributed by atoms with E-state index < -0.39 is 0 Å². The highest BCUT2D eigenvalue weighted by Gasteiger charge is 2.27. The van der Waals surface area contributed by atoms with Gasteiger partial charge in [0.05, 0.1) is 11.4 Å². The highest BCUT2D eigenvalue weighted by atomic mass is 14.8. The summed E-state index contributed by atoms with van der Waals surface area (Å²) in [5.74, 6) is 0.602. The van der Waals surface area contributed by atoms with Gasteiger partial charge in [-0.1, -0.05) is 12.1 Å². The number of rotatable bonds is 0. The zero-order chi connectivity index (χ0) is 11.1.